The van der Waals surface area contributed by atoms with Crippen LogP contribution >= 0.6 is 0 Å². The lowest BCUT2D eigenvalue weighted by molar-refractivity contribution is -0.137. The maximum atomic E-state index is 11.6. The summed E-state index contributed by atoms with van der Waals surface area (Å²) in [7, 11) is 0. The number of pyridine rings is 1. The summed E-state index contributed by atoms with van der Waals surface area (Å²) in [6, 6.07) is 8.84. The number of fused-ring (bicyclic) bond motifs is 1. The van der Waals surface area contributed by atoms with E-state index in [4.69, 9.17) is 5.11 Å². The number of nitrogens with zero attached hydrogens (tertiary/aromatic N) is 1. The van der Waals surface area contributed by atoms with Gasteiger partial charge >= 0.3 is 5.97 Å². The number of benzene rings is 1. The Morgan fingerprint density at radius 3 is 2.71 bits per heavy atom. The second kappa shape index (κ2) is 4.41. The molecule has 1 aromatic carbocycles. The number of aryl methyl sites for hydroxylation is 1. The van der Waals surface area contributed by atoms with Crippen LogP contribution in [0.1, 0.15) is 12.5 Å². The highest BCUT2D eigenvalue weighted by Crippen LogP contribution is 2.14. The molecule has 88 valence electrons. The van der Waals surface area contributed by atoms with Crippen LogP contribution in [0, 0.1) is 0 Å². The summed E-state index contributed by atoms with van der Waals surface area (Å²) in [5.74, 6) is -1.01. The molecule has 1 N–H and O–H groups in total. The fourth-order valence-corrected chi connectivity index (χ4v) is 1.87. The third kappa shape index (κ3) is 2.20. The number of rotatable bonds is 3. The zero-order valence-corrected chi connectivity index (χ0v) is 9.51. The molecule has 0 aliphatic rings. The van der Waals surface area contributed by atoms with Crippen molar-refractivity contribution in [1.82, 2.24) is 4.57 Å². The molecule has 2 aromatic rings. The molecule has 0 aliphatic carbocycles. The summed E-state index contributed by atoms with van der Waals surface area (Å²) in [5.41, 5.74) is 1.54. The molecule has 0 unspecified atom stereocenters. The topological polar surface area (TPSA) is 59.3 Å². The van der Waals surface area contributed by atoms with Crippen molar-refractivity contribution >= 4 is 16.9 Å². The molecule has 1 aromatic heterocycles. The van der Waals surface area contributed by atoms with Crippen LogP contribution in [0.2, 0.25) is 0 Å². The van der Waals surface area contributed by atoms with Crippen LogP contribution in [-0.2, 0) is 17.8 Å². The summed E-state index contributed by atoms with van der Waals surface area (Å²) in [5, 5.41) is 9.69. The lowest BCUT2D eigenvalue weighted by Gasteiger charge is -2.08. The molecule has 2 rings (SSSR count). The first-order chi connectivity index (χ1) is 8.11. The number of aromatic nitrogens is 1. The maximum absolute atomic E-state index is 11.6. The first-order valence-electron chi connectivity index (χ1n) is 5.46. The van der Waals surface area contributed by atoms with E-state index in [9.17, 15) is 9.59 Å². The third-order valence-corrected chi connectivity index (χ3v) is 2.76. The molecule has 0 amide bonds. The molecule has 0 atom stereocenters. The third-order valence-electron chi connectivity index (χ3n) is 2.76. The predicted octanol–water partition coefficient (Wildman–Crippen LogP) is 1.65. The number of carboxylic acids is 1. The number of hydrogen-bond acceptors (Lipinski definition) is 2. The quantitative estimate of drug-likeness (QED) is 0.873. The first kappa shape index (κ1) is 11.4. The number of carbonyl (C=O) groups is 1. The fourth-order valence-electron chi connectivity index (χ4n) is 1.87. The van der Waals surface area contributed by atoms with Crippen LogP contribution in [-0.4, -0.2) is 15.6 Å². The van der Waals surface area contributed by atoms with Crippen LogP contribution in [0.5, 0.6) is 0 Å². The molecule has 0 radical (unpaired) electrons. The monoisotopic (exact) mass is 231 g/mol. The Morgan fingerprint density at radius 2 is 2.06 bits per heavy atom. The Bertz CT molecular complexity index is 628. The molecule has 0 saturated heterocycles. The van der Waals surface area contributed by atoms with Crippen molar-refractivity contribution in [3.8, 4) is 0 Å². The van der Waals surface area contributed by atoms with Crippen LogP contribution in [0.25, 0.3) is 10.9 Å². The standard InChI is InChI=1S/C13H13NO3/c1-2-9-3-5-11-10(7-9)4-6-12(15)14(11)8-13(16)17/h3-7H,2,8H2,1H3,(H,16,17). The summed E-state index contributed by atoms with van der Waals surface area (Å²) in [4.78, 5) is 22.4. The number of carboxylic acid groups (broad SMARTS) is 1. The van der Waals surface area contributed by atoms with Crippen molar-refractivity contribution < 1.29 is 9.90 Å². The summed E-state index contributed by atoms with van der Waals surface area (Å²) >= 11 is 0. The van der Waals surface area contributed by atoms with Crippen molar-refractivity contribution in [2.75, 3.05) is 0 Å². The van der Waals surface area contributed by atoms with Gasteiger partial charge in [-0.3, -0.25) is 14.2 Å². The van der Waals surface area contributed by atoms with Gasteiger partial charge in [0.15, 0.2) is 0 Å². The minimum absolute atomic E-state index is 0.288. The van der Waals surface area contributed by atoms with E-state index in [0.29, 0.717) is 5.52 Å². The minimum Gasteiger partial charge on any atom is -0.480 e. The zero-order chi connectivity index (χ0) is 12.4. The predicted molar refractivity (Wildman–Crippen MR) is 65.2 cm³/mol. The highest BCUT2D eigenvalue weighted by molar-refractivity contribution is 5.81. The van der Waals surface area contributed by atoms with E-state index >= 15 is 0 Å². The van der Waals surface area contributed by atoms with E-state index in [1.54, 1.807) is 12.1 Å². The molecule has 4 heteroatoms. The van der Waals surface area contributed by atoms with Crippen LogP contribution in [0.15, 0.2) is 35.1 Å². The van der Waals surface area contributed by atoms with Gasteiger partial charge in [-0.2, -0.15) is 0 Å². The lowest BCUT2D eigenvalue weighted by atomic mass is 10.1. The summed E-state index contributed by atoms with van der Waals surface area (Å²) in [6.45, 7) is 1.75. The van der Waals surface area contributed by atoms with Gasteiger partial charge in [0.1, 0.15) is 6.54 Å². The average molecular weight is 231 g/mol. The van der Waals surface area contributed by atoms with Gasteiger partial charge in [-0.25, -0.2) is 0 Å². The molecule has 17 heavy (non-hydrogen) atoms. The zero-order valence-electron chi connectivity index (χ0n) is 9.51. The largest absolute Gasteiger partial charge is 0.480 e. The van der Waals surface area contributed by atoms with E-state index in [1.807, 2.05) is 12.1 Å². The Kier molecular flexibility index (Phi) is 2.95. The second-order valence-corrected chi connectivity index (χ2v) is 3.90. The van der Waals surface area contributed by atoms with Crippen molar-refractivity contribution in [3.05, 3.63) is 46.2 Å². The van der Waals surface area contributed by atoms with Crippen LogP contribution in [0.4, 0.5) is 0 Å². The molecule has 0 bridgehead atoms. The molecular weight excluding hydrogens is 218 g/mol. The van der Waals surface area contributed by atoms with Crippen molar-refractivity contribution in [3.63, 3.8) is 0 Å². The normalized spacial score (nSPS) is 10.6. The highest BCUT2D eigenvalue weighted by Gasteiger charge is 2.06. The highest BCUT2D eigenvalue weighted by atomic mass is 16.4. The van der Waals surface area contributed by atoms with Gasteiger partial charge in [0.05, 0.1) is 5.52 Å². The summed E-state index contributed by atoms with van der Waals surface area (Å²) < 4.78 is 1.27. The molecular formula is C13H13NO3. The molecule has 4 nitrogen and oxygen atoms in total. The number of hydrogen-bond donors (Lipinski definition) is 1. The Morgan fingerprint density at radius 1 is 1.29 bits per heavy atom. The summed E-state index contributed by atoms with van der Waals surface area (Å²) in [6.07, 6.45) is 0.911. The van der Waals surface area contributed by atoms with Gasteiger partial charge in [-0.1, -0.05) is 13.0 Å². The van der Waals surface area contributed by atoms with Gasteiger partial charge < -0.3 is 5.11 Å². The average Bonchev–Trinajstić information content (AvgIpc) is 2.32. The minimum atomic E-state index is -1.01. The maximum Gasteiger partial charge on any atom is 0.323 e. The van der Waals surface area contributed by atoms with Crippen molar-refractivity contribution in [1.29, 1.82) is 0 Å². The SMILES string of the molecule is CCc1ccc2c(ccc(=O)n2CC(=O)O)c1. The van der Waals surface area contributed by atoms with Crippen LogP contribution in [0.3, 0.4) is 0 Å². The van der Waals surface area contributed by atoms with E-state index in [1.165, 1.54) is 10.6 Å². The van der Waals surface area contributed by atoms with Crippen LogP contribution < -0.4 is 5.56 Å². The molecule has 1 heterocycles. The molecule has 0 fully saturated rings. The Balaban J connectivity index is 2.68. The van der Waals surface area contributed by atoms with Gasteiger partial charge in [-0.05, 0) is 35.6 Å². The molecule has 0 aliphatic heterocycles. The second-order valence-electron chi connectivity index (χ2n) is 3.90. The van der Waals surface area contributed by atoms with Gasteiger partial charge in [0.25, 0.3) is 5.56 Å². The van der Waals surface area contributed by atoms with E-state index < -0.39 is 5.97 Å². The van der Waals surface area contributed by atoms with E-state index in [2.05, 4.69) is 6.92 Å². The van der Waals surface area contributed by atoms with Gasteiger partial charge in [0.2, 0.25) is 0 Å². The van der Waals surface area contributed by atoms with Gasteiger partial charge in [0, 0.05) is 6.07 Å². The molecule has 0 saturated carbocycles. The van der Waals surface area contributed by atoms with Crippen molar-refractivity contribution in [2.45, 2.75) is 19.9 Å². The smallest absolute Gasteiger partial charge is 0.323 e. The lowest BCUT2D eigenvalue weighted by Crippen LogP contribution is -2.23. The fraction of sp³-hybridized carbons (Fsp3) is 0.231. The van der Waals surface area contributed by atoms with Gasteiger partial charge in [-0.15, -0.1) is 0 Å². The Labute approximate surface area is 98.1 Å². The number of aliphatic carboxylic acids is 1. The van der Waals surface area contributed by atoms with E-state index in [-0.39, 0.29) is 12.1 Å². The Hall–Kier alpha value is -2.10. The molecule has 0 spiro atoms. The van der Waals surface area contributed by atoms with Crippen molar-refractivity contribution in [2.24, 2.45) is 0 Å². The van der Waals surface area contributed by atoms with E-state index in [0.717, 1.165) is 17.4 Å². The first-order valence-corrected chi connectivity index (χ1v) is 5.46.